The summed E-state index contributed by atoms with van der Waals surface area (Å²) in [5.41, 5.74) is 1.54. The van der Waals surface area contributed by atoms with Crippen LogP contribution in [0.3, 0.4) is 0 Å². The summed E-state index contributed by atoms with van der Waals surface area (Å²) in [6, 6.07) is 21.8. The summed E-state index contributed by atoms with van der Waals surface area (Å²) in [6.45, 7) is 1.01. The molecule has 2 N–H and O–H groups in total. The van der Waals surface area contributed by atoms with Crippen molar-refractivity contribution >= 4 is 44.2 Å². The lowest BCUT2D eigenvalue weighted by molar-refractivity contribution is 0.0999. The summed E-state index contributed by atoms with van der Waals surface area (Å²) in [5.74, 6) is -1.02. The molecular formula is C27H25N3O5S. The highest BCUT2D eigenvalue weighted by Gasteiger charge is 2.27. The van der Waals surface area contributed by atoms with Crippen molar-refractivity contribution in [3.05, 3.63) is 90.2 Å². The molecule has 184 valence electrons. The van der Waals surface area contributed by atoms with Gasteiger partial charge in [0.1, 0.15) is 11.3 Å². The second-order valence-electron chi connectivity index (χ2n) is 8.57. The van der Waals surface area contributed by atoms with Gasteiger partial charge in [0.2, 0.25) is 15.8 Å². The second kappa shape index (κ2) is 9.96. The Morgan fingerprint density at radius 2 is 1.42 bits per heavy atom. The molecule has 1 saturated heterocycles. The van der Waals surface area contributed by atoms with Crippen LogP contribution in [0.5, 0.6) is 0 Å². The number of anilines is 2. The third-order valence-electron chi connectivity index (χ3n) is 6.14. The first-order valence-electron chi connectivity index (χ1n) is 11.7. The van der Waals surface area contributed by atoms with Crippen molar-refractivity contribution in [2.24, 2.45) is 0 Å². The lowest BCUT2D eigenvalue weighted by Crippen LogP contribution is -2.35. The molecule has 3 aromatic carbocycles. The fourth-order valence-corrected chi connectivity index (χ4v) is 5.77. The van der Waals surface area contributed by atoms with E-state index in [4.69, 9.17) is 4.42 Å². The van der Waals surface area contributed by atoms with Crippen LogP contribution in [0, 0.1) is 0 Å². The molecular weight excluding hydrogens is 478 g/mol. The van der Waals surface area contributed by atoms with Crippen molar-refractivity contribution in [2.45, 2.75) is 24.2 Å². The Hall–Kier alpha value is -3.95. The number of rotatable bonds is 6. The quantitative estimate of drug-likeness (QED) is 0.380. The fraction of sp³-hybridized carbons (Fsp3) is 0.185. The maximum atomic E-state index is 13.1. The molecule has 1 aliphatic heterocycles. The van der Waals surface area contributed by atoms with Gasteiger partial charge in [0.05, 0.1) is 4.90 Å². The van der Waals surface area contributed by atoms with Gasteiger partial charge in [0.25, 0.3) is 11.8 Å². The zero-order valence-corrected chi connectivity index (χ0v) is 20.3. The summed E-state index contributed by atoms with van der Waals surface area (Å²) >= 11 is 0. The Balaban J connectivity index is 1.40. The van der Waals surface area contributed by atoms with Crippen LogP contribution in [0.4, 0.5) is 11.4 Å². The number of carbonyl (C=O) groups excluding carboxylic acids is 2. The van der Waals surface area contributed by atoms with E-state index in [0.29, 0.717) is 29.7 Å². The van der Waals surface area contributed by atoms with Crippen LogP contribution in [-0.2, 0) is 10.0 Å². The lowest BCUT2D eigenvalue weighted by atomic mass is 10.1. The molecule has 1 aliphatic rings. The highest BCUT2D eigenvalue weighted by molar-refractivity contribution is 7.89. The van der Waals surface area contributed by atoms with E-state index in [1.807, 2.05) is 6.07 Å². The number of sulfonamides is 1. The molecule has 1 fully saturated rings. The molecule has 0 atom stereocenters. The van der Waals surface area contributed by atoms with Crippen LogP contribution in [0.15, 0.2) is 88.2 Å². The predicted octanol–water partition coefficient (Wildman–Crippen LogP) is 5.11. The maximum absolute atomic E-state index is 13.1. The summed E-state index contributed by atoms with van der Waals surface area (Å²) in [4.78, 5) is 26.3. The number of nitrogens with zero attached hydrogens (tertiary/aromatic N) is 1. The van der Waals surface area contributed by atoms with Gasteiger partial charge in [-0.05, 0) is 61.4 Å². The minimum Gasteiger partial charge on any atom is -0.449 e. The molecule has 36 heavy (non-hydrogen) atoms. The van der Waals surface area contributed by atoms with E-state index in [1.54, 1.807) is 48.5 Å². The Morgan fingerprint density at radius 3 is 2.14 bits per heavy atom. The van der Waals surface area contributed by atoms with Crippen LogP contribution >= 0.6 is 0 Å². The molecule has 0 radical (unpaired) electrons. The van der Waals surface area contributed by atoms with Crippen LogP contribution in [0.25, 0.3) is 11.0 Å². The van der Waals surface area contributed by atoms with E-state index >= 15 is 0 Å². The molecule has 1 aromatic heterocycles. The summed E-state index contributed by atoms with van der Waals surface area (Å²) < 4.78 is 33.1. The van der Waals surface area contributed by atoms with E-state index in [0.717, 1.165) is 19.3 Å². The minimum atomic E-state index is -3.60. The second-order valence-corrected chi connectivity index (χ2v) is 10.5. The number of furan rings is 1. The van der Waals surface area contributed by atoms with Gasteiger partial charge >= 0.3 is 0 Å². The van der Waals surface area contributed by atoms with Gasteiger partial charge in [-0.25, -0.2) is 8.42 Å². The zero-order chi connectivity index (χ0) is 25.1. The highest BCUT2D eigenvalue weighted by atomic mass is 32.2. The van der Waals surface area contributed by atoms with Crippen molar-refractivity contribution in [1.29, 1.82) is 0 Å². The molecule has 0 unspecified atom stereocenters. The summed E-state index contributed by atoms with van der Waals surface area (Å²) in [7, 11) is -3.60. The van der Waals surface area contributed by atoms with Crippen LogP contribution < -0.4 is 10.6 Å². The number of hydrogen-bond acceptors (Lipinski definition) is 5. The van der Waals surface area contributed by atoms with Gasteiger partial charge in [-0.2, -0.15) is 4.31 Å². The minimum absolute atomic E-state index is 0.0299. The molecule has 0 bridgehead atoms. The number of nitrogens with one attached hydrogen (secondary N) is 2. The number of benzene rings is 3. The van der Waals surface area contributed by atoms with E-state index < -0.39 is 21.8 Å². The summed E-state index contributed by atoms with van der Waals surface area (Å²) in [6.07, 6.45) is 2.72. The Morgan fingerprint density at radius 1 is 0.750 bits per heavy atom. The van der Waals surface area contributed by atoms with Gasteiger partial charge in [-0.3, -0.25) is 9.59 Å². The SMILES string of the molecule is O=C(Nc1c(C(=O)Nc2ccccc2)oc2ccccc12)c1ccc(S(=O)(=O)N2CCCCC2)cc1. The normalized spacial score (nSPS) is 14.4. The molecule has 8 nitrogen and oxygen atoms in total. The van der Waals surface area contributed by atoms with Gasteiger partial charge < -0.3 is 15.1 Å². The first kappa shape index (κ1) is 23.8. The van der Waals surface area contributed by atoms with Crippen molar-refractivity contribution in [1.82, 2.24) is 4.31 Å². The Bertz CT molecular complexity index is 1510. The van der Waals surface area contributed by atoms with Gasteiger partial charge in [0.15, 0.2) is 0 Å². The number of carbonyl (C=O) groups is 2. The van der Waals surface area contributed by atoms with Crippen LogP contribution in [0.1, 0.15) is 40.2 Å². The molecule has 5 rings (SSSR count). The number of piperidine rings is 1. The average Bonchev–Trinajstić information content (AvgIpc) is 3.28. The number of hydrogen-bond donors (Lipinski definition) is 2. The fourth-order valence-electron chi connectivity index (χ4n) is 4.26. The van der Waals surface area contributed by atoms with Crippen molar-refractivity contribution in [3.63, 3.8) is 0 Å². The molecule has 2 amide bonds. The zero-order valence-electron chi connectivity index (χ0n) is 19.4. The van der Waals surface area contributed by atoms with Crippen LogP contribution in [0.2, 0.25) is 0 Å². The van der Waals surface area contributed by atoms with E-state index in [-0.39, 0.29) is 21.9 Å². The molecule has 4 aromatic rings. The van der Waals surface area contributed by atoms with Crippen LogP contribution in [-0.4, -0.2) is 37.6 Å². The number of fused-ring (bicyclic) bond motifs is 1. The van der Waals surface area contributed by atoms with Gasteiger partial charge in [-0.15, -0.1) is 0 Å². The van der Waals surface area contributed by atoms with Crippen molar-refractivity contribution < 1.29 is 22.4 Å². The van der Waals surface area contributed by atoms with Crippen molar-refractivity contribution in [2.75, 3.05) is 23.7 Å². The van der Waals surface area contributed by atoms with Gasteiger partial charge in [0, 0.05) is 29.7 Å². The maximum Gasteiger partial charge on any atom is 0.293 e. The standard InChI is InChI=1S/C27H25N3O5S/c31-26(19-13-15-21(16-14-19)36(33,34)30-17-7-2-8-18-30)29-24-22-11-5-6-12-23(22)35-25(24)27(32)28-20-9-3-1-4-10-20/h1,3-6,9-16H,2,7-8,17-18H2,(H,28,32)(H,29,31). The first-order valence-corrected chi connectivity index (χ1v) is 13.2. The van der Waals surface area contributed by atoms with E-state index in [2.05, 4.69) is 10.6 Å². The molecule has 0 saturated carbocycles. The lowest BCUT2D eigenvalue weighted by Gasteiger charge is -2.25. The van der Waals surface area contributed by atoms with E-state index in [1.165, 1.54) is 28.6 Å². The summed E-state index contributed by atoms with van der Waals surface area (Å²) in [5, 5.41) is 6.13. The smallest absolute Gasteiger partial charge is 0.293 e. The average molecular weight is 504 g/mol. The largest absolute Gasteiger partial charge is 0.449 e. The van der Waals surface area contributed by atoms with Crippen molar-refractivity contribution in [3.8, 4) is 0 Å². The predicted molar refractivity (Wildman–Crippen MR) is 138 cm³/mol. The molecule has 2 heterocycles. The van der Waals surface area contributed by atoms with Gasteiger partial charge in [-0.1, -0.05) is 36.8 Å². The molecule has 0 aliphatic carbocycles. The third-order valence-corrected chi connectivity index (χ3v) is 8.05. The third kappa shape index (κ3) is 4.75. The molecule has 0 spiro atoms. The van der Waals surface area contributed by atoms with E-state index in [9.17, 15) is 18.0 Å². The topological polar surface area (TPSA) is 109 Å². The molecule has 9 heteroatoms. The number of para-hydroxylation sites is 2. The first-order chi connectivity index (χ1) is 17.4. The number of amides is 2. The Kier molecular flexibility index (Phi) is 6.58. The highest BCUT2D eigenvalue weighted by Crippen LogP contribution is 2.32. The Labute approximate surface area is 209 Å². The monoisotopic (exact) mass is 503 g/mol.